The fraction of sp³-hybridized carbons (Fsp3) is 0.400. The first-order valence-electron chi connectivity index (χ1n) is 6.25. The molecule has 1 N–H and O–H groups in total. The van der Waals surface area contributed by atoms with Gasteiger partial charge < -0.3 is 5.32 Å². The molecule has 2 nitrogen and oxygen atoms in total. The molecule has 1 aromatic heterocycles. The third-order valence-electron chi connectivity index (χ3n) is 3.07. The van der Waals surface area contributed by atoms with Crippen LogP contribution in [0.5, 0.6) is 0 Å². The van der Waals surface area contributed by atoms with Crippen molar-refractivity contribution in [1.82, 2.24) is 10.3 Å². The minimum absolute atomic E-state index is 0.146. The lowest BCUT2D eigenvalue weighted by Crippen LogP contribution is -2.32. The van der Waals surface area contributed by atoms with Crippen molar-refractivity contribution >= 4 is 11.3 Å². The standard InChI is InChI=1S/C15H20N2S/c1-12-10-18-14(17-12)9-16-11-15(2,3)13-7-5-4-6-8-13/h4-8,10,16H,9,11H2,1-3H3. The van der Waals surface area contributed by atoms with Crippen LogP contribution in [0.25, 0.3) is 0 Å². The highest BCUT2D eigenvalue weighted by atomic mass is 32.1. The lowest BCUT2D eigenvalue weighted by molar-refractivity contribution is 0.468. The summed E-state index contributed by atoms with van der Waals surface area (Å²) in [6, 6.07) is 10.6. The van der Waals surface area contributed by atoms with E-state index in [-0.39, 0.29) is 5.41 Å². The number of nitrogens with one attached hydrogen (secondary N) is 1. The van der Waals surface area contributed by atoms with Gasteiger partial charge in [-0.25, -0.2) is 4.98 Å². The molecule has 96 valence electrons. The van der Waals surface area contributed by atoms with Gasteiger partial charge in [0, 0.05) is 29.6 Å². The van der Waals surface area contributed by atoms with Gasteiger partial charge in [-0.3, -0.25) is 0 Å². The van der Waals surface area contributed by atoms with Crippen molar-refractivity contribution in [2.75, 3.05) is 6.54 Å². The van der Waals surface area contributed by atoms with E-state index in [9.17, 15) is 0 Å². The Kier molecular flexibility index (Phi) is 4.15. The van der Waals surface area contributed by atoms with E-state index in [1.165, 1.54) is 5.56 Å². The van der Waals surface area contributed by atoms with E-state index in [0.717, 1.165) is 23.8 Å². The highest BCUT2D eigenvalue weighted by Crippen LogP contribution is 2.21. The average Bonchev–Trinajstić information content (AvgIpc) is 2.76. The predicted molar refractivity (Wildman–Crippen MR) is 78.0 cm³/mol. The van der Waals surface area contributed by atoms with Gasteiger partial charge in [-0.1, -0.05) is 44.2 Å². The minimum atomic E-state index is 0.146. The maximum Gasteiger partial charge on any atom is 0.107 e. The van der Waals surface area contributed by atoms with Crippen LogP contribution in [0.1, 0.15) is 30.1 Å². The van der Waals surface area contributed by atoms with Crippen LogP contribution in [0.3, 0.4) is 0 Å². The Bertz CT molecular complexity index is 488. The summed E-state index contributed by atoms with van der Waals surface area (Å²) < 4.78 is 0. The van der Waals surface area contributed by atoms with Gasteiger partial charge in [0.25, 0.3) is 0 Å². The largest absolute Gasteiger partial charge is 0.310 e. The first kappa shape index (κ1) is 13.2. The van der Waals surface area contributed by atoms with Crippen molar-refractivity contribution in [2.45, 2.75) is 32.7 Å². The number of hydrogen-bond acceptors (Lipinski definition) is 3. The summed E-state index contributed by atoms with van der Waals surface area (Å²) in [4.78, 5) is 4.46. The Morgan fingerprint density at radius 2 is 1.94 bits per heavy atom. The molecule has 0 aliphatic rings. The van der Waals surface area contributed by atoms with Gasteiger partial charge in [0.05, 0.1) is 0 Å². The number of aryl methyl sites for hydroxylation is 1. The quantitative estimate of drug-likeness (QED) is 0.889. The Morgan fingerprint density at radius 1 is 1.22 bits per heavy atom. The molecular weight excluding hydrogens is 240 g/mol. The summed E-state index contributed by atoms with van der Waals surface area (Å²) >= 11 is 1.72. The Balaban J connectivity index is 1.89. The zero-order valence-electron chi connectivity index (χ0n) is 11.2. The smallest absolute Gasteiger partial charge is 0.107 e. The summed E-state index contributed by atoms with van der Waals surface area (Å²) in [5, 5.41) is 6.76. The summed E-state index contributed by atoms with van der Waals surface area (Å²) in [6.45, 7) is 8.38. The monoisotopic (exact) mass is 260 g/mol. The number of aromatic nitrogens is 1. The number of hydrogen-bond donors (Lipinski definition) is 1. The Hall–Kier alpha value is -1.19. The molecule has 18 heavy (non-hydrogen) atoms. The molecule has 0 saturated heterocycles. The van der Waals surface area contributed by atoms with Crippen LogP contribution >= 0.6 is 11.3 Å². The first-order chi connectivity index (χ1) is 8.58. The van der Waals surface area contributed by atoms with E-state index in [2.05, 4.69) is 59.9 Å². The van der Waals surface area contributed by atoms with Crippen molar-refractivity contribution < 1.29 is 0 Å². The van der Waals surface area contributed by atoms with Gasteiger partial charge in [-0.15, -0.1) is 11.3 Å². The van der Waals surface area contributed by atoms with Crippen molar-refractivity contribution in [3.63, 3.8) is 0 Å². The Labute approximate surface area is 113 Å². The van der Waals surface area contributed by atoms with Crippen molar-refractivity contribution in [3.05, 3.63) is 52.0 Å². The van der Waals surface area contributed by atoms with Gasteiger partial charge in [0.1, 0.15) is 5.01 Å². The number of thiazole rings is 1. The maximum absolute atomic E-state index is 4.46. The molecule has 0 unspecified atom stereocenters. The molecule has 0 radical (unpaired) electrons. The second-order valence-corrected chi connectivity index (χ2v) is 6.18. The minimum Gasteiger partial charge on any atom is -0.310 e. The van der Waals surface area contributed by atoms with Gasteiger partial charge in [-0.2, -0.15) is 0 Å². The van der Waals surface area contributed by atoms with E-state index in [0.29, 0.717) is 0 Å². The summed E-state index contributed by atoms with van der Waals surface area (Å²) in [5.74, 6) is 0. The van der Waals surface area contributed by atoms with Crippen LogP contribution in [0.4, 0.5) is 0 Å². The normalized spacial score (nSPS) is 11.7. The van der Waals surface area contributed by atoms with Crippen molar-refractivity contribution in [1.29, 1.82) is 0 Å². The summed E-state index contributed by atoms with van der Waals surface area (Å²) in [6.07, 6.45) is 0. The molecule has 0 spiro atoms. The number of benzene rings is 1. The highest BCUT2D eigenvalue weighted by Gasteiger charge is 2.19. The molecule has 1 heterocycles. The number of nitrogens with zero attached hydrogens (tertiary/aromatic N) is 1. The molecule has 0 amide bonds. The molecular formula is C15H20N2S. The van der Waals surface area contributed by atoms with Crippen LogP contribution in [0.2, 0.25) is 0 Å². The van der Waals surface area contributed by atoms with Crippen molar-refractivity contribution in [2.24, 2.45) is 0 Å². The predicted octanol–water partition coefficient (Wildman–Crippen LogP) is 3.52. The van der Waals surface area contributed by atoms with Gasteiger partial charge >= 0.3 is 0 Å². The zero-order valence-corrected chi connectivity index (χ0v) is 12.1. The van der Waals surface area contributed by atoms with Crippen LogP contribution in [0.15, 0.2) is 35.7 Å². The molecule has 0 saturated carbocycles. The lowest BCUT2D eigenvalue weighted by atomic mass is 9.85. The van der Waals surface area contributed by atoms with Gasteiger partial charge in [0.15, 0.2) is 0 Å². The third kappa shape index (κ3) is 3.40. The van der Waals surface area contributed by atoms with E-state index >= 15 is 0 Å². The van der Waals surface area contributed by atoms with Gasteiger partial charge in [-0.05, 0) is 12.5 Å². The molecule has 2 rings (SSSR count). The third-order valence-corrected chi connectivity index (χ3v) is 4.03. The fourth-order valence-electron chi connectivity index (χ4n) is 1.96. The molecule has 1 aromatic carbocycles. The highest BCUT2D eigenvalue weighted by molar-refractivity contribution is 7.09. The first-order valence-corrected chi connectivity index (χ1v) is 7.13. The van der Waals surface area contributed by atoms with Crippen LogP contribution in [-0.4, -0.2) is 11.5 Å². The molecule has 3 heteroatoms. The maximum atomic E-state index is 4.46. The number of rotatable bonds is 5. The molecule has 0 aliphatic heterocycles. The second kappa shape index (κ2) is 5.63. The van der Waals surface area contributed by atoms with E-state index < -0.39 is 0 Å². The lowest BCUT2D eigenvalue weighted by Gasteiger charge is -2.25. The van der Waals surface area contributed by atoms with Crippen molar-refractivity contribution in [3.8, 4) is 0 Å². The SMILES string of the molecule is Cc1csc(CNCC(C)(C)c2ccccc2)n1. The molecule has 0 aliphatic carbocycles. The van der Waals surface area contributed by atoms with Crippen LogP contribution in [0, 0.1) is 6.92 Å². The van der Waals surface area contributed by atoms with Gasteiger partial charge in [0.2, 0.25) is 0 Å². The van der Waals surface area contributed by atoms with E-state index in [1.807, 2.05) is 6.92 Å². The summed E-state index contributed by atoms with van der Waals surface area (Å²) in [7, 11) is 0. The van der Waals surface area contributed by atoms with Crippen LogP contribution < -0.4 is 5.32 Å². The molecule has 0 bridgehead atoms. The fourth-order valence-corrected chi connectivity index (χ4v) is 2.70. The zero-order chi connectivity index (χ0) is 13.0. The molecule has 0 fully saturated rings. The van der Waals surface area contributed by atoms with E-state index in [1.54, 1.807) is 11.3 Å². The topological polar surface area (TPSA) is 24.9 Å². The summed E-state index contributed by atoms with van der Waals surface area (Å²) in [5.41, 5.74) is 2.63. The Morgan fingerprint density at radius 3 is 2.56 bits per heavy atom. The second-order valence-electron chi connectivity index (χ2n) is 5.24. The van der Waals surface area contributed by atoms with E-state index in [4.69, 9.17) is 0 Å². The average molecular weight is 260 g/mol. The molecule has 0 atom stereocenters. The van der Waals surface area contributed by atoms with Crippen LogP contribution in [-0.2, 0) is 12.0 Å². The molecule has 2 aromatic rings.